The molecule has 6 nitrogen and oxygen atoms in total. The smallest absolute Gasteiger partial charge is 0.342 e. The van der Waals surface area contributed by atoms with E-state index in [2.05, 4.69) is 4.99 Å². The zero-order chi connectivity index (χ0) is 17.5. The summed E-state index contributed by atoms with van der Waals surface area (Å²) in [5.41, 5.74) is 6.83. The van der Waals surface area contributed by atoms with Gasteiger partial charge < -0.3 is 15.2 Å². The maximum absolute atomic E-state index is 12.3. The van der Waals surface area contributed by atoms with E-state index in [4.69, 9.17) is 15.2 Å². The number of benzene rings is 1. The lowest BCUT2D eigenvalue weighted by atomic mass is 10.1. The van der Waals surface area contributed by atoms with Crippen LogP contribution in [0.15, 0.2) is 35.3 Å². The van der Waals surface area contributed by atoms with Gasteiger partial charge in [-0.25, -0.2) is 14.6 Å². The zero-order valence-corrected chi connectivity index (χ0v) is 14.3. The molecule has 7 heteroatoms. The van der Waals surface area contributed by atoms with E-state index in [1.165, 1.54) is 0 Å². The number of nitrogens with zero attached hydrogens (tertiary/aromatic N) is 1. The van der Waals surface area contributed by atoms with Gasteiger partial charge in [0.2, 0.25) is 0 Å². The van der Waals surface area contributed by atoms with Gasteiger partial charge in [0.05, 0.1) is 13.2 Å². The summed E-state index contributed by atoms with van der Waals surface area (Å²) < 4.78 is 10.0. The Bertz CT molecular complexity index is 753. The van der Waals surface area contributed by atoms with Crippen LogP contribution in [0.5, 0.6) is 0 Å². The van der Waals surface area contributed by atoms with E-state index in [-0.39, 0.29) is 29.3 Å². The average molecular weight is 346 g/mol. The molecule has 0 atom stereocenters. The molecule has 2 rings (SSSR count). The molecular weight excluding hydrogens is 328 g/mol. The molecule has 0 spiro atoms. The van der Waals surface area contributed by atoms with Gasteiger partial charge in [0.25, 0.3) is 0 Å². The molecule has 24 heavy (non-hydrogen) atoms. The molecule has 0 aliphatic heterocycles. The minimum atomic E-state index is -0.657. The van der Waals surface area contributed by atoms with Crippen molar-refractivity contribution in [3.8, 4) is 0 Å². The minimum absolute atomic E-state index is 0.0144. The third-order valence-corrected chi connectivity index (χ3v) is 3.93. The quantitative estimate of drug-likeness (QED) is 0.639. The highest BCUT2D eigenvalue weighted by atomic mass is 32.1. The van der Waals surface area contributed by atoms with Crippen molar-refractivity contribution >= 4 is 39.5 Å². The number of ether oxygens (including phenoxy) is 2. The molecule has 0 bridgehead atoms. The van der Waals surface area contributed by atoms with E-state index >= 15 is 0 Å². The highest BCUT2D eigenvalue weighted by molar-refractivity contribution is 7.20. The first-order valence-electron chi connectivity index (χ1n) is 7.44. The Morgan fingerprint density at radius 1 is 1.08 bits per heavy atom. The summed E-state index contributed by atoms with van der Waals surface area (Å²) in [6, 6.07) is 9.39. The molecule has 0 aliphatic rings. The van der Waals surface area contributed by atoms with E-state index in [9.17, 15) is 9.59 Å². The molecular formula is C17H18N2O4S. The molecule has 126 valence electrons. The molecule has 0 unspecified atom stereocenters. The van der Waals surface area contributed by atoms with Crippen LogP contribution in [0.2, 0.25) is 0 Å². The predicted octanol–water partition coefficient (Wildman–Crippen LogP) is 3.43. The number of esters is 2. The van der Waals surface area contributed by atoms with Crippen LogP contribution in [0.1, 0.15) is 40.1 Å². The lowest BCUT2D eigenvalue weighted by Crippen LogP contribution is -2.13. The first kappa shape index (κ1) is 17.7. The molecule has 0 aliphatic carbocycles. The van der Waals surface area contributed by atoms with Crippen molar-refractivity contribution in [2.24, 2.45) is 4.99 Å². The Balaban J connectivity index is 2.47. The standard InChI is InChI=1S/C17H18N2O4S/c1-3-22-16(20)12-13(17(21)23-4-2)15(24-14(12)18)19-10-11-8-6-5-7-9-11/h5-10H,3-4,18H2,1-2H3/b19-10+. The number of carbonyl (C=O) groups is 2. The normalized spacial score (nSPS) is 10.8. The highest BCUT2D eigenvalue weighted by Crippen LogP contribution is 2.38. The van der Waals surface area contributed by atoms with Gasteiger partial charge in [-0.05, 0) is 19.4 Å². The second-order valence-electron chi connectivity index (χ2n) is 4.63. The number of rotatable bonds is 6. The fourth-order valence-corrected chi connectivity index (χ4v) is 2.89. The van der Waals surface area contributed by atoms with Gasteiger partial charge in [0.15, 0.2) is 0 Å². The maximum Gasteiger partial charge on any atom is 0.342 e. The van der Waals surface area contributed by atoms with Gasteiger partial charge in [-0.15, -0.1) is 0 Å². The lowest BCUT2D eigenvalue weighted by molar-refractivity contribution is 0.0481. The summed E-state index contributed by atoms with van der Waals surface area (Å²) in [4.78, 5) is 28.7. The first-order chi connectivity index (χ1) is 11.6. The van der Waals surface area contributed by atoms with Crippen molar-refractivity contribution in [3.63, 3.8) is 0 Å². The Morgan fingerprint density at radius 2 is 1.67 bits per heavy atom. The third-order valence-electron chi connectivity index (χ3n) is 3.01. The second kappa shape index (κ2) is 8.26. The molecule has 0 amide bonds. The van der Waals surface area contributed by atoms with E-state index < -0.39 is 11.9 Å². The van der Waals surface area contributed by atoms with Crippen LogP contribution >= 0.6 is 11.3 Å². The summed E-state index contributed by atoms with van der Waals surface area (Å²) in [5.74, 6) is -1.30. The maximum atomic E-state index is 12.3. The van der Waals surface area contributed by atoms with Crippen LogP contribution in [0.3, 0.4) is 0 Å². The number of aliphatic imine (C=N–C) groups is 1. The van der Waals surface area contributed by atoms with Gasteiger partial charge in [-0.2, -0.15) is 0 Å². The monoisotopic (exact) mass is 346 g/mol. The van der Waals surface area contributed by atoms with E-state index in [0.29, 0.717) is 5.00 Å². The Labute approximate surface area is 143 Å². The number of anilines is 1. The molecule has 2 aromatic rings. The van der Waals surface area contributed by atoms with Crippen LogP contribution in [-0.2, 0) is 9.47 Å². The van der Waals surface area contributed by atoms with Gasteiger partial charge in [-0.1, -0.05) is 41.7 Å². The third kappa shape index (κ3) is 3.99. The summed E-state index contributed by atoms with van der Waals surface area (Å²) in [6.45, 7) is 3.72. The Morgan fingerprint density at radius 3 is 2.25 bits per heavy atom. The average Bonchev–Trinajstić information content (AvgIpc) is 2.91. The topological polar surface area (TPSA) is 91.0 Å². The van der Waals surface area contributed by atoms with Gasteiger partial charge in [0.1, 0.15) is 21.1 Å². The summed E-state index contributed by atoms with van der Waals surface area (Å²) in [7, 11) is 0. The minimum Gasteiger partial charge on any atom is -0.462 e. The molecule has 1 aromatic carbocycles. The van der Waals surface area contributed by atoms with Crippen LogP contribution in [0.25, 0.3) is 0 Å². The van der Waals surface area contributed by atoms with Crippen molar-refractivity contribution in [2.75, 3.05) is 18.9 Å². The second-order valence-corrected chi connectivity index (χ2v) is 5.66. The van der Waals surface area contributed by atoms with Crippen molar-refractivity contribution in [1.82, 2.24) is 0 Å². The Hall–Kier alpha value is -2.67. The summed E-state index contributed by atoms with van der Waals surface area (Å²) in [6.07, 6.45) is 1.60. The molecule has 1 heterocycles. The Kier molecular flexibility index (Phi) is 6.08. The van der Waals surface area contributed by atoms with E-state index in [1.54, 1.807) is 20.1 Å². The summed E-state index contributed by atoms with van der Waals surface area (Å²) in [5, 5.41) is 0.495. The van der Waals surface area contributed by atoms with E-state index in [1.807, 2.05) is 30.3 Å². The molecule has 2 N–H and O–H groups in total. The number of nitrogen functional groups attached to an aromatic ring is 1. The number of hydrogen-bond donors (Lipinski definition) is 1. The molecule has 0 radical (unpaired) electrons. The zero-order valence-electron chi connectivity index (χ0n) is 13.4. The summed E-state index contributed by atoms with van der Waals surface area (Å²) >= 11 is 1.05. The van der Waals surface area contributed by atoms with Crippen molar-refractivity contribution in [2.45, 2.75) is 13.8 Å². The van der Waals surface area contributed by atoms with Crippen LogP contribution in [0.4, 0.5) is 10.0 Å². The van der Waals surface area contributed by atoms with Gasteiger partial charge >= 0.3 is 11.9 Å². The van der Waals surface area contributed by atoms with Crippen molar-refractivity contribution in [3.05, 3.63) is 47.0 Å². The van der Waals surface area contributed by atoms with Gasteiger partial charge in [-0.3, -0.25) is 0 Å². The molecule has 0 fully saturated rings. The van der Waals surface area contributed by atoms with Crippen molar-refractivity contribution < 1.29 is 19.1 Å². The highest BCUT2D eigenvalue weighted by Gasteiger charge is 2.29. The number of carbonyl (C=O) groups excluding carboxylic acids is 2. The largest absolute Gasteiger partial charge is 0.462 e. The predicted molar refractivity (Wildman–Crippen MR) is 94.3 cm³/mol. The fraction of sp³-hybridized carbons (Fsp3) is 0.235. The van der Waals surface area contributed by atoms with Crippen LogP contribution < -0.4 is 5.73 Å². The SMILES string of the molecule is CCOC(=O)c1c(N)sc(/N=C/c2ccccc2)c1C(=O)OCC. The first-order valence-corrected chi connectivity index (χ1v) is 8.25. The lowest BCUT2D eigenvalue weighted by Gasteiger charge is -2.05. The van der Waals surface area contributed by atoms with Crippen molar-refractivity contribution in [1.29, 1.82) is 0 Å². The number of thiophene rings is 1. The molecule has 1 aromatic heterocycles. The number of hydrogen-bond acceptors (Lipinski definition) is 7. The van der Waals surface area contributed by atoms with Crippen LogP contribution in [0, 0.1) is 0 Å². The van der Waals surface area contributed by atoms with E-state index in [0.717, 1.165) is 16.9 Å². The number of nitrogens with two attached hydrogens (primary N) is 1. The molecule has 0 saturated heterocycles. The van der Waals surface area contributed by atoms with Crippen LogP contribution in [-0.4, -0.2) is 31.4 Å². The molecule has 0 saturated carbocycles. The fourth-order valence-electron chi connectivity index (χ4n) is 2.00. The van der Waals surface area contributed by atoms with Gasteiger partial charge in [0, 0.05) is 6.21 Å².